The van der Waals surface area contributed by atoms with Crippen molar-refractivity contribution in [2.75, 3.05) is 6.61 Å². The maximum absolute atomic E-state index is 13.6. The molecular weight excluding hydrogens is 781 g/mol. The van der Waals surface area contributed by atoms with Crippen molar-refractivity contribution in [3.8, 4) is 0 Å². The number of esters is 1. The maximum Gasteiger partial charge on any atom is 0.306 e. The Balaban J connectivity index is 4.74. The van der Waals surface area contributed by atoms with Gasteiger partial charge in [-0.2, -0.15) is 0 Å². The Bertz CT molecular complexity index is 1020. The molecule has 0 spiro atoms. The molecular formula is C57H108O6. The average molecular weight is 889 g/mol. The third-order valence-electron chi connectivity index (χ3n) is 13.4. The van der Waals surface area contributed by atoms with Gasteiger partial charge in [0.15, 0.2) is 23.3 Å². The van der Waals surface area contributed by atoms with Crippen molar-refractivity contribution in [1.82, 2.24) is 0 Å². The van der Waals surface area contributed by atoms with Crippen molar-refractivity contribution in [2.45, 2.75) is 328 Å². The highest BCUT2D eigenvalue weighted by molar-refractivity contribution is 5.97. The molecule has 6 heteroatoms. The highest BCUT2D eigenvalue weighted by Crippen LogP contribution is 2.24. The number of carbonyl (C=O) groups is 3. The normalized spacial score (nSPS) is 13.2. The summed E-state index contributed by atoms with van der Waals surface area (Å²) in [6, 6.07) is 0. The number of hydrogen-bond donors (Lipinski definition) is 2. The summed E-state index contributed by atoms with van der Waals surface area (Å²) >= 11 is 0. The third kappa shape index (κ3) is 39.4. The second-order valence-corrected chi connectivity index (χ2v) is 19.6. The molecule has 63 heavy (non-hydrogen) atoms. The zero-order valence-corrected chi connectivity index (χ0v) is 42.5. The highest BCUT2D eigenvalue weighted by atomic mass is 16.6. The van der Waals surface area contributed by atoms with Gasteiger partial charge in [-0.05, 0) is 44.9 Å². The van der Waals surface area contributed by atoms with Gasteiger partial charge in [0.25, 0.3) is 0 Å². The monoisotopic (exact) mass is 889 g/mol. The van der Waals surface area contributed by atoms with Crippen molar-refractivity contribution in [3.63, 3.8) is 0 Å². The Hall–Kier alpha value is -1.53. The van der Waals surface area contributed by atoms with Gasteiger partial charge in [-0.25, -0.2) is 0 Å². The number of ether oxygens (including phenoxy) is 1. The minimum absolute atomic E-state index is 0.0502. The predicted molar refractivity (Wildman–Crippen MR) is 270 cm³/mol. The molecule has 0 rings (SSSR count). The Labute approximate surface area is 392 Å². The molecule has 2 N–H and O–H groups in total. The van der Waals surface area contributed by atoms with E-state index in [0.29, 0.717) is 19.3 Å². The summed E-state index contributed by atoms with van der Waals surface area (Å²) in [6.07, 6.45) is 54.8. The molecule has 0 heterocycles. The maximum atomic E-state index is 13.6. The van der Waals surface area contributed by atoms with Gasteiger partial charge in [-0.15, -0.1) is 0 Å². The molecule has 6 nitrogen and oxygen atoms in total. The summed E-state index contributed by atoms with van der Waals surface area (Å²) in [7, 11) is 0. The van der Waals surface area contributed by atoms with Crippen LogP contribution in [0, 0.1) is 0 Å². The Morgan fingerprint density at radius 2 is 0.667 bits per heavy atom. The van der Waals surface area contributed by atoms with Gasteiger partial charge >= 0.3 is 5.97 Å². The number of rotatable bonds is 52. The SMILES string of the molecule is CCCCCCCC/C=C\CCCCCCCC(=O)C(O)(CO)C(OC(=O)CCCCCCCCCCCCCCCCC)C(=O)CCCCCCCCCCCCCCCCC. The first kappa shape index (κ1) is 61.5. The lowest BCUT2D eigenvalue weighted by Gasteiger charge is -2.32. The van der Waals surface area contributed by atoms with Crippen molar-refractivity contribution >= 4 is 17.5 Å². The van der Waals surface area contributed by atoms with Crippen molar-refractivity contribution < 1.29 is 29.3 Å². The molecule has 0 amide bonds. The Kier molecular flexibility index (Phi) is 47.2. The minimum atomic E-state index is -2.40. The molecule has 2 atom stereocenters. The van der Waals surface area contributed by atoms with Gasteiger partial charge in [0.2, 0.25) is 0 Å². The molecule has 0 radical (unpaired) electrons. The Morgan fingerprint density at radius 1 is 0.397 bits per heavy atom. The fourth-order valence-electron chi connectivity index (χ4n) is 8.95. The Morgan fingerprint density at radius 3 is 0.984 bits per heavy atom. The first-order valence-corrected chi connectivity index (χ1v) is 28.1. The quantitative estimate of drug-likeness (QED) is 0.0358. The summed E-state index contributed by atoms with van der Waals surface area (Å²) in [5.41, 5.74) is -2.40. The van der Waals surface area contributed by atoms with E-state index in [4.69, 9.17) is 4.74 Å². The fourth-order valence-corrected chi connectivity index (χ4v) is 8.95. The zero-order valence-electron chi connectivity index (χ0n) is 42.5. The predicted octanol–water partition coefficient (Wildman–Crippen LogP) is 17.3. The van der Waals surface area contributed by atoms with Crippen LogP contribution in [0.3, 0.4) is 0 Å². The number of ketones is 2. The molecule has 0 aliphatic heterocycles. The first-order chi connectivity index (χ1) is 30.9. The second-order valence-electron chi connectivity index (χ2n) is 19.6. The van der Waals surface area contributed by atoms with Crippen LogP contribution >= 0.6 is 0 Å². The lowest BCUT2D eigenvalue weighted by molar-refractivity contribution is -0.182. The summed E-state index contributed by atoms with van der Waals surface area (Å²) in [6.45, 7) is 5.85. The van der Waals surface area contributed by atoms with E-state index in [1.807, 2.05) is 0 Å². The second kappa shape index (κ2) is 48.4. The molecule has 0 aromatic rings. The van der Waals surface area contributed by atoms with E-state index in [9.17, 15) is 24.6 Å². The molecule has 2 unspecified atom stereocenters. The van der Waals surface area contributed by atoms with E-state index in [1.54, 1.807) is 0 Å². The average Bonchev–Trinajstić information content (AvgIpc) is 3.28. The minimum Gasteiger partial charge on any atom is -0.451 e. The smallest absolute Gasteiger partial charge is 0.306 e. The van der Waals surface area contributed by atoms with Gasteiger partial charge in [-0.3, -0.25) is 14.4 Å². The van der Waals surface area contributed by atoms with E-state index in [-0.39, 0.29) is 19.3 Å². The van der Waals surface area contributed by atoms with E-state index >= 15 is 0 Å². The lowest BCUT2D eigenvalue weighted by Crippen LogP contribution is -2.57. The van der Waals surface area contributed by atoms with Crippen LogP contribution in [0.2, 0.25) is 0 Å². The van der Waals surface area contributed by atoms with Crippen LogP contribution in [-0.2, 0) is 19.1 Å². The van der Waals surface area contributed by atoms with Crippen LogP contribution in [0.25, 0.3) is 0 Å². The van der Waals surface area contributed by atoms with Gasteiger partial charge < -0.3 is 14.9 Å². The van der Waals surface area contributed by atoms with Crippen LogP contribution in [0.4, 0.5) is 0 Å². The van der Waals surface area contributed by atoms with Crippen LogP contribution in [0.5, 0.6) is 0 Å². The standard InChI is InChI=1S/C57H108O6/c1-4-7-10-13-16-19-22-25-28-31-34-37-40-43-46-49-53(59)56(63-55(61)51-48-45-42-39-36-33-30-27-24-21-18-15-12-9-6-3)57(62,52-58)54(60)50-47-44-41-38-35-32-29-26-23-20-17-14-11-8-5-2/h26,29,56,58,62H,4-25,27-28,30-52H2,1-3H3/b29-26-. The molecule has 0 aromatic heterocycles. The van der Waals surface area contributed by atoms with E-state index in [2.05, 4.69) is 32.9 Å². The number of carbonyl (C=O) groups excluding carboxylic acids is 3. The molecule has 0 saturated heterocycles. The highest BCUT2D eigenvalue weighted by Gasteiger charge is 2.48. The zero-order chi connectivity index (χ0) is 46.2. The number of unbranched alkanes of at least 4 members (excludes halogenated alkanes) is 39. The van der Waals surface area contributed by atoms with Crippen molar-refractivity contribution in [1.29, 1.82) is 0 Å². The summed E-state index contributed by atoms with van der Waals surface area (Å²) in [5.74, 6) is -1.62. The summed E-state index contributed by atoms with van der Waals surface area (Å²) < 4.78 is 5.69. The molecule has 0 saturated carbocycles. The largest absolute Gasteiger partial charge is 0.451 e. The van der Waals surface area contributed by atoms with E-state index < -0.39 is 35.8 Å². The van der Waals surface area contributed by atoms with E-state index in [1.165, 1.54) is 186 Å². The topological polar surface area (TPSA) is 101 Å². The fraction of sp³-hybridized carbons (Fsp3) is 0.912. The molecule has 0 bridgehead atoms. The summed E-state index contributed by atoms with van der Waals surface area (Å²) in [5, 5.41) is 22.0. The first-order valence-electron chi connectivity index (χ1n) is 28.1. The van der Waals surface area contributed by atoms with Crippen molar-refractivity contribution in [2.24, 2.45) is 0 Å². The molecule has 0 aromatic carbocycles. The molecule has 0 aliphatic carbocycles. The van der Waals surface area contributed by atoms with Gasteiger partial charge in [-0.1, -0.05) is 264 Å². The van der Waals surface area contributed by atoms with Crippen LogP contribution in [0.15, 0.2) is 12.2 Å². The lowest BCUT2D eigenvalue weighted by atomic mass is 9.85. The van der Waals surface area contributed by atoms with Crippen LogP contribution in [0.1, 0.15) is 316 Å². The molecule has 0 aliphatic rings. The summed E-state index contributed by atoms with van der Waals surface area (Å²) in [4.78, 5) is 40.3. The number of aliphatic hydroxyl groups excluding tert-OH is 1. The van der Waals surface area contributed by atoms with Gasteiger partial charge in [0.05, 0.1) is 6.61 Å². The molecule has 0 fully saturated rings. The molecule has 372 valence electrons. The van der Waals surface area contributed by atoms with Crippen molar-refractivity contribution in [3.05, 3.63) is 12.2 Å². The van der Waals surface area contributed by atoms with Crippen LogP contribution in [-0.4, -0.2) is 46.1 Å². The van der Waals surface area contributed by atoms with E-state index in [0.717, 1.165) is 70.6 Å². The van der Waals surface area contributed by atoms with Crippen LogP contribution < -0.4 is 0 Å². The number of hydrogen-bond acceptors (Lipinski definition) is 6. The van der Waals surface area contributed by atoms with Gasteiger partial charge in [0, 0.05) is 19.3 Å². The number of Topliss-reactive ketones (excluding diaryl/α,β-unsaturated/α-hetero) is 2. The van der Waals surface area contributed by atoms with Gasteiger partial charge in [0.1, 0.15) is 0 Å². The third-order valence-corrected chi connectivity index (χ3v) is 13.4. The number of allylic oxidation sites excluding steroid dienone is 2. The number of aliphatic hydroxyl groups is 2.